The second-order valence-corrected chi connectivity index (χ2v) is 4.80. The van der Waals surface area contributed by atoms with E-state index in [1.807, 2.05) is 27.7 Å². The van der Waals surface area contributed by atoms with Gasteiger partial charge in [0.05, 0.1) is 11.6 Å². The fraction of sp³-hybridized carbons (Fsp3) is 0.500. The first-order chi connectivity index (χ1) is 7.29. The van der Waals surface area contributed by atoms with Crippen LogP contribution >= 0.6 is 0 Å². The van der Waals surface area contributed by atoms with Crippen LogP contribution in [0.5, 0.6) is 11.5 Å². The SMILES string of the molecule is CC(NOC(C)(C)C)c1ccc(O)cc1O. The molecule has 4 nitrogen and oxygen atoms in total. The van der Waals surface area contributed by atoms with Crippen molar-refractivity contribution in [3.8, 4) is 11.5 Å². The zero-order chi connectivity index (χ0) is 12.3. The van der Waals surface area contributed by atoms with Crippen molar-refractivity contribution in [1.29, 1.82) is 0 Å². The molecule has 16 heavy (non-hydrogen) atoms. The van der Waals surface area contributed by atoms with Gasteiger partial charge < -0.3 is 10.2 Å². The van der Waals surface area contributed by atoms with Crippen molar-refractivity contribution in [2.75, 3.05) is 0 Å². The van der Waals surface area contributed by atoms with E-state index >= 15 is 0 Å². The minimum absolute atomic E-state index is 0.0465. The van der Waals surface area contributed by atoms with Gasteiger partial charge in [0.25, 0.3) is 0 Å². The van der Waals surface area contributed by atoms with Gasteiger partial charge in [0.2, 0.25) is 0 Å². The number of hydroxylamine groups is 1. The Morgan fingerprint density at radius 1 is 1.25 bits per heavy atom. The Balaban J connectivity index is 2.70. The summed E-state index contributed by atoms with van der Waals surface area (Å²) in [6.45, 7) is 7.67. The van der Waals surface area contributed by atoms with Crippen molar-refractivity contribution >= 4 is 0 Å². The van der Waals surface area contributed by atoms with Crippen LogP contribution in [0.2, 0.25) is 0 Å². The summed E-state index contributed by atoms with van der Waals surface area (Å²) in [6.07, 6.45) is 0. The second-order valence-electron chi connectivity index (χ2n) is 4.80. The van der Waals surface area contributed by atoms with E-state index in [2.05, 4.69) is 5.48 Å². The molecule has 0 spiro atoms. The third-order valence-electron chi connectivity index (χ3n) is 2.02. The van der Waals surface area contributed by atoms with Gasteiger partial charge in [-0.15, -0.1) is 0 Å². The second kappa shape index (κ2) is 4.72. The van der Waals surface area contributed by atoms with Gasteiger partial charge in [0.1, 0.15) is 11.5 Å². The van der Waals surface area contributed by atoms with E-state index in [4.69, 9.17) is 9.94 Å². The molecule has 0 heterocycles. The molecule has 0 amide bonds. The van der Waals surface area contributed by atoms with Crippen molar-refractivity contribution < 1.29 is 15.1 Å². The Bertz CT molecular complexity index is 358. The molecule has 0 saturated heterocycles. The van der Waals surface area contributed by atoms with Crippen LogP contribution in [0, 0.1) is 0 Å². The number of hydrogen-bond acceptors (Lipinski definition) is 4. The summed E-state index contributed by atoms with van der Waals surface area (Å²) in [7, 11) is 0. The monoisotopic (exact) mass is 225 g/mol. The van der Waals surface area contributed by atoms with Crippen LogP contribution in [0.25, 0.3) is 0 Å². The summed E-state index contributed by atoms with van der Waals surface area (Å²) in [5.74, 6) is 0.0997. The van der Waals surface area contributed by atoms with Crippen LogP contribution in [0.15, 0.2) is 18.2 Å². The van der Waals surface area contributed by atoms with Gasteiger partial charge in [0.15, 0.2) is 0 Å². The average Bonchev–Trinajstić information content (AvgIpc) is 2.13. The van der Waals surface area contributed by atoms with Crippen molar-refractivity contribution in [3.63, 3.8) is 0 Å². The van der Waals surface area contributed by atoms with Gasteiger partial charge in [-0.2, -0.15) is 5.48 Å². The first kappa shape index (κ1) is 12.8. The number of phenols is 2. The number of hydrogen-bond donors (Lipinski definition) is 3. The fourth-order valence-corrected chi connectivity index (χ4v) is 1.23. The molecule has 1 aromatic rings. The van der Waals surface area contributed by atoms with Gasteiger partial charge in [-0.05, 0) is 33.8 Å². The standard InChI is InChI=1S/C12H19NO3/c1-8(13-16-12(2,3)4)10-6-5-9(14)7-11(10)15/h5-8,13-15H,1-4H3. The molecular weight excluding hydrogens is 206 g/mol. The van der Waals surface area contributed by atoms with Crippen LogP contribution in [0.4, 0.5) is 0 Å². The van der Waals surface area contributed by atoms with Crippen molar-refractivity contribution in [2.24, 2.45) is 0 Å². The van der Waals surface area contributed by atoms with Gasteiger partial charge in [-0.3, -0.25) is 4.84 Å². The van der Waals surface area contributed by atoms with Gasteiger partial charge in [-0.1, -0.05) is 6.07 Å². The lowest BCUT2D eigenvalue weighted by Crippen LogP contribution is -2.30. The molecule has 0 aliphatic carbocycles. The molecule has 3 N–H and O–H groups in total. The summed E-state index contributed by atoms with van der Waals surface area (Å²) < 4.78 is 0. The molecule has 1 unspecified atom stereocenters. The third kappa shape index (κ3) is 3.72. The first-order valence-corrected chi connectivity index (χ1v) is 5.25. The van der Waals surface area contributed by atoms with Crippen LogP contribution in [0.3, 0.4) is 0 Å². The Morgan fingerprint density at radius 3 is 2.38 bits per heavy atom. The predicted octanol–water partition coefficient (Wildman–Crippen LogP) is 2.48. The van der Waals surface area contributed by atoms with E-state index in [-0.39, 0.29) is 23.1 Å². The molecule has 0 radical (unpaired) electrons. The van der Waals surface area contributed by atoms with E-state index in [0.29, 0.717) is 5.56 Å². The number of benzene rings is 1. The molecule has 90 valence electrons. The lowest BCUT2D eigenvalue weighted by Gasteiger charge is -2.23. The number of phenolic OH excluding ortho intramolecular Hbond substituents is 2. The Hall–Kier alpha value is -1.26. The quantitative estimate of drug-likeness (QED) is 0.692. The van der Waals surface area contributed by atoms with E-state index in [0.717, 1.165) is 0 Å². The lowest BCUT2D eigenvalue weighted by atomic mass is 10.1. The Morgan fingerprint density at radius 2 is 1.88 bits per heavy atom. The van der Waals surface area contributed by atoms with E-state index in [1.165, 1.54) is 12.1 Å². The highest BCUT2D eigenvalue weighted by molar-refractivity contribution is 5.40. The summed E-state index contributed by atoms with van der Waals surface area (Å²) in [5.41, 5.74) is 3.25. The van der Waals surface area contributed by atoms with E-state index in [9.17, 15) is 5.11 Å². The smallest absolute Gasteiger partial charge is 0.124 e. The lowest BCUT2D eigenvalue weighted by molar-refractivity contribution is -0.0868. The zero-order valence-corrected chi connectivity index (χ0v) is 10.1. The van der Waals surface area contributed by atoms with Gasteiger partial charge in [0, 0.05) is 11.6 Å². The molecule has 0 aliphatic rings. The highest BCUT2D eigenvalue weighted by atomic mass is 16.7. The predicted molar refractivity (Wildman–Crippen MR) is 62.2 cm³/mol. The highest BCUT2D eigenvalue weighted by Crippen LogP contribution is 2.28. The average molecular weight is 225 g/mol. The molecule has 4 heteroatoms. The summed E-state index contributed by atoms with van der Waals surface area (Å²) in [6, 6.07) is 4.35. The maximum atomic E-state index is 9.64. The van der Waals surface area contributed by atoms with E-state index < -0.39 is 0 Å². The molecule has 0 bridgehead atoms. The molecule has 1 atom stereocenters. The Kier molecular flexibility index (Phi) is 3.78. The zero-order valence-electron chi connectivity index (χ0n) is 10.1. The first-order valence-electron chi connectivity index (χ1n) is 5.25. The largest absolute Gasteiger partial charge is 0.508 e. The third-order valence-corrected chi connectivity index (χ3v) is 2.02. The molecule has 0 aliphatic heterocycles. The minimum atomic E-state index is -0.291. The molecule has 0 aromatic heterocycles. The molecule has 0 fully saturated rings. The molecule has 1 aromatic carbocycles. The Labute approximate surface area is 95.8 Å². The maximum absolute atomic E-state index is 9.64. The number of nitrogens with one attached hydrogen (secondary N) is 1. The highest BCUT2D eigenvalue weighted by Gasteiger charge is 2.15. The van der Waals surface area contributed by atoms with Gasteiger partial charge in [-0.25, -0.2) is 0 Å². The maximum Gasteiger partial charge on any atom is 0.124 e. The van der Waals surface area contributed by atoms with Crippen LogP contribution in [-0.4, -0.2) is 15.8 Å². The minimum Gasteiger partial charge on any atom is -0.508 e. The fourth-order valence-electron chi connectivity index (χ4n) is 1.23. The van der Waals surface area contributed by atoms with E-state index in [1.54, 1.807) is 6.07 Å². The normalized spacial score (nSPS) is 13.8. The van der Waals surface area contributed by atoms with Crippen LogP contribution in [0.1, 0.15) is 39.3 Å². The molecular formula is C12H19NO3. The molecule has 1 rings (SSSR count). The topological polar surface area (TPSA) is 61.7 Å². The number of rotatable bonds is 3. The number of aromatic hydroxyl groups is 2. The van der Waals surface area contributed by atoms with Crippen molar-refractivity contribution in [3.05, 3.63) is 23.8 Å². The summed E-state index contributed by atoms with van der Waals surface area (Å²) >= 11 is 0. The van der Waals surface area contributed by atoms with Crippen LogP contribution < -0.4 is 5.48 Å². The van der Waals surface area contributed by atoms with Crippen LogP contribution in [-0.2, 0) is 4.84 Å². The van der Waals surface area contributed by atoms with Gasteiger partial charge >= 0.3 is 0 Å². The summed E-state index contributed by atoms with van der Waals surface area (Å²) in [4.78, 5) is 5.41. The molecule has 0 saturated carbocycles. The van der Waals surface area contributed by atoms with Crippen molar-refractivity contribution in [2.45, 2.75) is 39.3 Å². The van der Waals surface area contributed by atoms with Crippen molar-refractivity contribution in [1.82, 2.24) is 5.48 Å². The summed E-state index contributed by atoms with van der Waals surface area (Å²) in [5, 5.41) is 18.8.